The second kappa shape index (κ2) is 7.37. The highest BCUT2D eigenvalue weighted by Gasteiger charge is 2.10. The van der Waals surface area contributed by atoms with E-state index in [4.69, 9.17) is 4.74 Å². The summed E-state index contributed by atoms with van der Waals surface area (Å²) in [5, 5.41) is 15.3. The first-order chi connectivity index (χ1) is 10.6. The van der Waals surface area contributed by atoms with E-state index in [9.17, 15) is 9.90 Å². The van der Waals surface area contributed by atoms with Gasteiger partial charge in [0.1, 0.15) is 5.82 Å². The second-order valence-electron chi connectivity index (χ2n) is 4.61. The SMILES string of the molecule is COCCNc1nc(C)cc(Nc2ccccc2C(=O)O)n1. The lowest BCUT2D eigenvalue weighted by atomic mass is 10.2. The number of methoxy groups -OCH3 is 1. The molecule has 0 aliphatic carbocycles. The maximum Gasteiger partial charge on any atom is 0.337 e. The summed E-state index contributed by atoms with van der Waals surface area (Å²) in [5.41, 5.74) is 1.44. The second-order valence-corrected chi connectivity index (χ2v) is 4.61. The van der Waals surface area contributed by atoms with Gasteiger partial charge in [0.05, 0.1) is 17.9 Å². The number of nitrogens with zero attached hydrogens (tertiary/aromatic N) is 2. The fourth-order valence-electron chi connectivity index (χ4n) is 1.89. The van der Waals surface area contributed by atoms with Gasteiger partial charge in [0.2, 0.25) is 5.95 Å². The summed E-state index contributed by atoms with van der Waals surface area (Å²) in [4.78, 5) is 19.8. The van der Waals surface area contributed by atoms with Crippen LogP contribution in [-0.4, -0.2) is 41.3 Å². The minimum absolute atomic E-state index is 0.188. The topological polar surface area (TPSA) is 96.4 Å². The number of carboxylic acids is 1. The highest BCUT2D eigenvalue weighted by Crippen LogP contribution is 2.20. The van der Waals surface area contributed by atoms with E-state index in [0.29, 0.717) is 30.6 Å². The first kappa shape index (κ1) is 15.7. The molecule has 0 radical (unpaired) electrons. The summed E-state index contributed by atoms with van der Waals surface area (Å²) < 4.78 is 4.96. The van der Waals surface area contributed by atoms with Crippen LogP contribution in [0.25, 0.3) is 0 Å². The van der Waals surface area contributed by atoms with Gasteiger partial charge in [-0.15, -0.1) is 0 Å². The van der Waals surface area contributed by atoms with E-state index in [1.54, 1.807) is 31.4 Å². The van der Waals surface area contributed by atoms with E-state index in [1.807, 2.05) is 6.92 Å². The molecule has 2 rings (SSSR count). The zero-order valence-electron chi connectivity index (χ0n) is 12.5. The van der Waals surface area contributed by atoms with E-state index in [0.717, 1.165) is 5.69 Å². The molecule has 0 unspecified atom stereocenters. The number of anilines is 3. The summed E-state index contributed by atoms with van der Waals surface area (Å²) in [5.74, 6) is 0.000735. The first-order valence-electron chi connectivity index (χ1n) is 6.78. The van der Waals surface area contributed by atoms with Gasteiger partial charge < -0.3 is 20.5 Å². The highest BCUT2D eigenvalue weighted by molar-refractivity contribution is 5.95. The van der Waals surface area contributed by atoms with Crippen molar-refractivity contribution >= 4 is 23.4 Å². The number of aromatic carboxylic acids is 1. The van der Waals surface area contributed by atoms with Crippen LogP contribution in [0.4, 0.5) is 17.5 Å². The Morgan fingerprint density at radius 3 is 2.82 bits per heavy atom. The lowest BCUT2D eigenvalue weighted by Gasteiger charge is -2.11. The Labute approximate surface area is 128 Å². The van der Waals surface area contributed by atoms with Crippen molar-refractivity contribution in [2.24, 2.45) is 0 Å². The monoisotopic (exact) mass is 302 g/mol. The van der Waals surface area contributed by atoms with E-state index in [2.05, 4.69) is 20.6 Å². The summed E-state index contributed by atoms with van der Waals surface area (Å²) in [6.07, 6.45) is 0. The molecule has 7 nitrogen and oxygen atoms in total. The number of ether oxygens (including phenoxy) is 1. The standard InChI is InChI=1S/C15H18N4O3/c1-10-9-13(19-15(17-10)16-7-8-22-2)18-12-6-4-3-5-11(12)14(20)21/h3-6,9H,7-8H2,1-2H3,(H,20,21)(H2,16,17,18,19). The molecule has 0 atom stereocenters. The molecule has 1 aromatic carbocycles. The number of hydrogen-bond donors (Lipinski definition) is 3. The number of rotatable bonds is 7. The zero-order valence-corrected chi connectivity index (χ0v) is 12.5. The molecule has 7 heteroatoms. The average molecular weight is 302 g/mol. The maximum absolute atomic E-state index is 11.2. The van der Waals surface area contributed by atoms with Crippen LogP contribution in [0.15, 0.2) is 30.3 Å². The van der Waals surface area contributed by atoms with Crippen molar-refractivity contribution in [1.82, 2.24) is 9.97 Å². The lowest BCUT2D eigenvalue weighted by Crippen LogP contribution is -2.11. The summed E-state index contributed by atoms with van der Waals surface area (Å²) in [7, 11) is 1.62. The fraction of sp³-hybridized carbons (Fsp3) is 0.267. The van der Waals surface area contributed by atoms with E-state index >= 15 is 0 Å². The van der Waals surface area contributed by atoms with E-state index in [1.165, 1.54) is 6.07 Å². The Hall–Kier alpha value is -2.67. The number of aryl methyl sites for hydroxylation is 1. The van der Waals surface area contributed by atoms with Crippen LogP contribution < -0.4 is 10.6 Å². The van der Waals surface area contributed by atoms with Gasteiger partial charge in [-0.1, -0.05) is 12.1 Å². The number of carbonyl (C=O) groups is 1. The van der Waals surface area contributed by atoms with Crippen molar-refractivity contribution in [1.29, 1.82) is 0 Å². The van der Waals surface area contributed by atoms with Crippen molar-refractivity contribution < 1.29 is 14.6 Å². The average Bonchev–Trinajstić information content (AvgIpc) is 2.47. The van der Waals surface area contributed by atoms with Crippen molar-refractivity contribution in [2.45, 2.75) is 6.92 Å². The van der Waals surface area contributed by atoms with Crippen LogP contribution in [0, 0.1) is 6.92 Å². The van der Waals surface area contributed by atoms with E-state index in [-0.39, 0.29) is 5.56 Å². The van der Waals surface area contributed by atoms with Gasteiger partial charge in [0.15, 0.2) is 0 Å². The lowest BCUT2D eigenvalue weighted by molar-refractivity contribution is 0.0698. The largest absolute Gasteiger partial charge is 0.478 e. The molecule has 0 bridgehead atoms. The van der Waals surface area contributed by atoms with Crippen LogP contribution in [0.1, 0.15) is 16.1 Å². The van der Waals surface area contributed by atoms with E-state index < -0.39 is 5.97 Å². The van der Waals surface area contributed by atoms with Crippen molar-refractivity contribution in [3.05, 3.63) is 41.6 Å². The Kier molecular flexibility index (Phi) is 5.26. The molecule has 0 aliphatic heterocycles. The van der Waals surface area contributed by atoms with Crippen LogP contribution in [0.2, 0.25) is 0 Å². The summed E-state index contributed by atoms with van der Waals surface area (Å²) in [6.45, 7) is 2.98. The molecule has 0 saturated carbocycles. The third-order valence-electron chi connectivity index (χ3n) is 2.86. The number of para-hydroxylation sites is 1. The van der Waals surface area contributed by atoms with Crippen LogP contribution >= 0.6 is 0 Å². The highest BCUT2D eigenvalue weighted by atomic mass is 16.5. The molecule has 0 fully saturated rings. The minimum Gasteiger partial charge on any atom is -0.478 e. The number of hydrogen-bond acceptors (Lipinski definition) is 6. The molecule has 116 valence electrons. The Bertz CT molecular complexity index is 661. The smallest absolute Gasteiger partial charge is 0.337 e. The van der Waals surface area contributed by atoms with Crippen molar-refractivity contribution in [3.8, 4) is 0 Å². The van der Waals surface area contributed by atoms with Crippen LogP contribution in [0.5, 0.6) is 0 Å². The van der Waals surface area contributed by atoms with Gasteiger partial charge in [0.25, 0.3) is 0 Å². The van der Waals surface area contributed by atoms with Crippen molar-refractivity contribution in [2.75, 3.05) is 30.9 Å². The molecule has 3 N–H and O–H groups in total. The predicted octanol–water partition coefficient (Wildman–Crippen LogP) is 2.29. The van der Waals surface area contributed by atoms with Crippen molar-refractivity contribution in [3.63, 3.8) is 0 Å². The number of nitrogens with one attached hydrogen (secondary N) is 2. The third kappa shape index (κ3) is 4.16. The quantitative estimate of drug-likeness (QED) is 0.675. The summed E-state index contributed by atoms with van der Waals surface area (Å²) in [6, 6.07) is 8.42. The zero-order chi connectivity index (χ0) is 15.9. The summed E-state index contributed by atoms with van der Waals surface area (Å²) >= 11 is 0. The molecular formula is C15H18N4O3. The molecule has 1 aromatic heterocycles. The molecule has 0 aliphatic rings. The van der Waals surface area contributed by atoms with Gasteiger partial charge in [-0.25, -0.2) is 9.78 Å². The van der Waals surface area contributed by atoms with Gasteiger partial charge in [-0.05, 0) is 19.1 Å². The van der Waals surface area contributed by atoms with Gasteiger partial charge >= 0.3 is 5.97 Å². The number of aromatic nitrogens is 2. The molecule has 0 saturated heterocycles. The predicted molar refractivity (Wildman–Crippen MR) is 83.8 cm³/mol. The molecular weight excluding hydrogens is 284 g/mol. The van der Waals surface area contributed by atoms with Crippen LogP contribution in [-0.2, 0) is 4.74 Å². The fourth-order valence-corrected chi connectivity index (χ4v) is 1.89. The maximum atomic E-state index is 11.2. The number of carboxylic acid groups (broad SMARTS) is 1. The Balaban J connectivity index is 2.21. The normalized spacial score (nSPS) is 10.3. The molecule has 0 amide bonds. The first-order valence-corrected chi connectivity index (χ1v) is 6.78. The third-order valence-corrected chi connectivity index (χ3v) is 2.86. The van der Waals surface area contributed by atoms with Gasteiger partial charge in [-0.3, -0.25) is 0 Å². The molecule has 2 aromatic rings. The Morgan fingerprint density at radius 2 is 2.09 bits per heavy atom. The van der Waals surface area contributed by atoms with Gasteiger partial charge in [0, 0.05) is 25.4 Å². The van der Waals surface area contributed by atoms with Crippen LogP contribution in [0.3, 0.4) is 0 Å². The van der Waals surface area contributed by atoms with Gasteiger partial charge in [-0.2, -0.15) is 4.98 Å². The number of benzene rings is 1. The Morgan fingerprint density at radius 1 is 1.32 bits per heavy atom. The minimum atomic E-state index is -0.993. The molecule has 0 spiro atoms. The molecule has 22 heavy (non-hydrogen) atoms. The molecule has 1 heterocycles.